The predicted molar refractivity (Wildman–Crippen MR) is 81.7 cm³/mol. The smallest absolute Gasteiger partial charge is 0.407 e. The number of amides is 1. The Morgan fingerprint density at radius 3 is 2.10 bits per heavy atom. The number of carbonyl (C=O) groups is 2. The highest BCUT2D eigenvalue weighted by Gasteiger charge is 2.19. The summed E-state index contributed by atoms with van der Waals surface area (Å²) in [5, 5.41) is 2.65. The Hall–Kier alpha value is -1.06. The second kappa shape index (κ2) is 10.7. The zero-order chi connectivity index (χ0) is 15.5. The third-order valence-electron chi connectivity index (χ3n) is 3.08. The van der Waals surface area contributed by atoms with Crippen LogP contribution in [0.4, 0.5) is 4.79 Å². The molecule has 0 saturated heterocycles. The van der Waals surface area contributed by atoms with E-state index in [1.54, 1.807) is 0 Å². The van der Waals surface area contributed by atoms with Crippen molar-refractivity contribution in [1.82, 2.24) is 5.32 Å². The average Bonchev–Trinajstić information content (AvgIpc) is 2.32. The topological polar surface area (TPSA) is 55.4 Å². The van der Waals surface area contributed by atoms with Gasteiger partial charge >= 0.3 is 6.09 Å². The first-order valence-electron chi connectivity index (χ1n) is 7.81. The summed E-state index contributed by atoms with van der Waals surface area (Å²) in [4.78, 5) is 22.8. The van der Waals surface area contributed by atoms with Crippen LogP contribution < -0.4 is 5.32 Å². The van der Waals surface area contributed by atoms with Gasteiger partial charge in [0, 0.05) is 0 Å². The first-order valence-corrected chi connectivity index (χ1v) is 7.81. The van der Waals surface area contributed by atoms with Crippen molar-refractivity contribution in [2.24, 2.45) is 11.8 Å². The van der Waals surface area contributed by atoms with Gasteiger partial charge in [-0.2, -0.15) is 0 Å². The monoisotopic (exact) mass is 285 g/mol. The zero-order valence-corrected chi connectivity index (χ0v) is 13.6. The Balaban J connectivity index is 4.31. The Morgan fingerprint density at radius 1 is 1.15 bits per heavy atom. The van der Waals surface area contributed by atoms with E-state index in [4.69, 9.17) is 4.74 Å². The van der Waals surface area contributed by atoms with E-state index < -0.39 is 12.1 Å². The van der Waals surface area contributed by atoms with Crippen molar-refractivity contribution in [2.75, 3.05) is 0 Å². The average molecular weight is 285 g/mol. The van der Waals surface area contributed by atoms with Gasteiger partial charge in [-0.05, 0) is 31.1 Å². The number of nitrogens with one attached hydrogen (secondary N) is 1. The summed E-state index contributed by atoms with van der Waals surface area (Å²) in [6.45, 7) is 10.5. The molecule has 20 heavy (non-hydrogen) atoms. The van der Waals surface area contributed by atoms with Crippen LogP contribution in [0.5, 0.6) is 0 Å². The Kier molecular flexibility index (Phi) is 10.1. The second-order valence-corrected chi connectivity index (χ2v) is 6.32. The lowest BCUT2D eigenvalue weighted by atomic mass is 9.98. The Labute approximate surface area is 123 Å². The van der Waals surface area contributed by atoms with Gasteiger partial charge in [0.1, 0.15) is 12.4 Å². The molecule has 4 heteroatoms. The molecule has 1 N–H and O–H groups in total. The molecule has 0 saturated carbocycles. The molecule has 0 fully saturated rings. The highest BCUT2D eigenvalue weighted by Crippen LogP contribution is 2.16. The molecule has 0 heterocycles. The van der Waals surface area contributed by atoms with Crippen molar-refractivity contribution in [3.63, 3.8) is 0 Å². The third kappa shape index (κ3) is 9.82. The van der Waals surface area contributed by atoms with Gasteiger partial charge in [0.2, 0.25) is 0 Å². The van der Waals surface area contributed by atoms with E-state index in [1.807, 2.05) is 0 Å². The molecule has 0 aliphatic carbocycles. The third-order valence-corrected chi connectivity index (χ3v) is 3.08. The van der Waals surface area contributed by atoms with Gasteiger partial charge in [-0.1, -0.05) is 47.5 Å². The molecular weight excluding hydrogens is 254 g/mol. The van der Waals surface area contributed by atoms with Gasteiger partial charge in [0.15, 0.2) is 0 Å². The molecular formula is C16H31NO3. The van der Waals surface area contributed by atoms with E-state index in [-0.39, 0.29) is 6.10 Å². The molecule has 1 atom stereocenters. The second-order valence-electron chi connectivity index (χ2n) is 6.32. The summed E-state index contributed by atoms with van der Waals surface area (Å²) in [7, 11) is 0. The molecule has 0 bridgehead atoms. The summed E-state index contributed by atoms with van der Waals surface area (Å²) in [5.74, 6) is 0.960. The number of hydrogen-bond donors (Lipinski definition) is 1. The number of carbonyl (C=O) groups excluding carboxylic acids is 2. The Bertz CT molecular complexity index is 267. The summed E-state index contributed by atoms with van der Waals surface area (Å²) in [5.41, 5.74) is 0. The predicted octanol–water partition coefficient (Wildman–Crippen LogP) is 3.93. The number of rotatable bonds is 10. The minimum Gasteiger partial charge on any atom is -0.446 e. The van der Waals surface area contributed by atoms with E-state index in [1.165, 1.54) is 0 Å². The van der Waals surface area contributed by atoms with E-state index in [0.29, 0.717) is 18.3 Å². The molecule has 0 aliphatic rings. The summed E-state index contributed by atoms with van der Waals surface area (Å²) >= 11 is 0. The summed E-state index contributed by atoms with van der Waals surface area (Å²) in [6.07, 6.45) is 4.55. The van der Waals surface area contributed by atoms with Crippen LogP contribution in [0.3, 0.4) is 0 Å². The zero-order valence-electron chi connectivity index (χ0n) is 13.6. The normalized spacial score (nSPS) is 12.8. The standard InChI is InChI=1S/C16H31NO3/c1-6-7-8-14(11-18)17-16(19)20-15(9-12(2)3)10-13(4)5/h11-15H,6-10H2,1-5H3,(H,17,19)/t14-/m0/s1. The van der Waals surface area contributed by atoms with Crippen molar-refractivity contribution in [3.8, 4) is 0 Å². The highest BCUT2D eigenvalue weighted by atomic mass is 16.6. The molecule has 0 aliphatic heterocycles. The molecule has 0 aromatic rings. The van der Waals surface area contributed by atoms with Crippen molar-refractivity contribution in [1.29, 1.82) is 0 Å². The fourth-order valence-electron chi connectivity index (χ4n) is 2.18. The minimum atomic E-state index is -0.468. The van der Waals surface area contributed by atoms with Gasteiger partial charge in [-0.15, -0.1) is 0 Å². The van der Waals surface area contributed by atoms with Crippen LogP contribution in [-0.2, 0) is 9.53 Å². The van der Waals surface area contributed by atoms with Crippen molar-refractivity contribution >= 4 is 12.4 Å². The van der Waals surface area contributed by atoms with Gasteiger partial charge in [-0.3, -0.25) is 0 Å². The lowest BCUT2D eigenvalue weighted by molar-refractivity contribution is -0.109. The minimum absolute atomic E-state index is 0.0755. The molecule has 4 nitrogen and oxygen atoms in total. The van der Waals surface area contributed by atoms with Crippen LogP contribution in [0.15, 0.2) is 0 Å². The quantitative estimate of drug-likeness (QED) is 0.619. The van der Waals surface area contributed by atoms with E-state index in [9.17, 15) is 9.59 Å². The number of hydrogen-bond acceptors (Lipinski definition) is 3. The van der Waals surface area contributed by atoms with Crippen LogP contribution in [0.1, 0.15) is 66.7 Å². The first-order chi connectivity index (χ1) is 9.38. The highest BCUT2D eigenvalue weighted by molar-refractivity contribution is 5.73. The first kappa shape index (κ1) is 18.9. The van der Waals surface area contributed by atoms with Gasteiger partial charge in [0.25, 0.3) is 0 Å². The van der Waals surface area contributed by atoms with E-state index in [2.05, 4.69) is 39.9 Å². The number of aldehydes is 1. The fourth-order valence-corrected chi connectivity index (χ4v) is 2.18. The number of alkyl carbamates (subject to hydrolysis) is 1. The largest absolute Gasteiger partial charge is 0.446 e. The van der Waals surface area contributed by atoms with Crippen LogP contribution >= 0.6 is 0 Å². The van der Waals surface area contributed by atoms with Crippen molar-refractivity contribution in [3.05, 3.63) is 0 Å². The SMILES string of the molecule is CCCC[C@@H](C=O)NC(=O)OC(CC(C)C)CC(C)C. The maximum atomic E-state index is 11.9. The molecule has 0 rings (SSSR count). The molecule has 1 amide bonds. The summed E-state index contributed by atoms with van der Waals surface area (Å²) < 4.78 is 5.48. The molecule has 0 aromatic carbocycles. The van der Waals surface area contributed by atoms with Crippen molar-refractivity contribution in [2.45, 2.75) is 78.9 Å². The van der Waals surface area contributed by atoms with Gasteiger partial charge < -0.3 is 14.8 Å². The maximum absolute atomic E-state index is 11.9. The molecule has 0 radical (unpaired) electrons. The lowest BCUT2D eigenvalue weighted by Crippen LogP contribution is -2.38. The van der Waals surface area contributed by atoms with Gasteiger partial charge in [-0.25, -0.2) is 4.79 Å². The number of ether oxygens (including phenoxy) is 1. The fraction of sp³-hybridized carbons (Fsp3) is 0.875. The Morgan fingerprint density at radius 2 is 1.70 bits per heavy atom. The molecule has 0 spiro atoms. The van der Waals surface area contributed by atoms with Crippen LogP contribution in [0.25, 0.3) is 0 Å². The lowest BCUT2D eigenvalue weighted by Gasteiger charge is -2.22. The number of unbranched alkanes of at least 4 members (excludes halogenated alkanes) is 1. The summed E-state index contributed by atoms with van der Waals surface area (Å²) in [6, 6.07) is -0.429. The molecule has 118 valence electrons. The molecule has 0 aromatic heterocycles. The van der Waals surface area contributed by atoms with E-state index in [0.717, 1.165) is 32.0 Å². The maximum Gasteiger partial charge on any atom is 0.407 e. The van der Waals surface area contributed by atoms with Crippen molar-refractivity contribution < 1.29 is 14.3 Å². The van der Waals surface area contributed by atoms with Gasteiger partial charge in [0.05, 0.1) is 6.04 Å². The van der Waals surface area contributed by atoms with Crippen LogP contribution in [0.2, 0.25) is 0 Å². The van der Waals surface area contributed by atoms with E-state index >= 15 is 0 Å². The molecule has 0 unspecified atom stereocenters. The van der Waals surface area contributed by atoms with Crippen LogP contribution in [0, 0.1) is 11.8 Å². The van der Waals surface area contributed by atoms with Crippen LogP contribution in [-0.4, -0.2) is 24.5 Å².